The average molecular weight is 493 g/mol. The number of nitrogens with two attached hydrogens (primary N) is 1. The van der Waals surface area contributed by atoms with Gasteiger partial charge in [-0.2, -0.15) is 0 Å². The van der Waals surface area contributed by atoms with Crippen molar-refractivity contribution in [3.05, 3.63) is 36.2 Å². The summed E-state index contributed by atoms with van der Waals surface area (Å²) in [5.41, 5.74) is 5.96. The number of benzene rings is 1. The third-order valence-electron chi connectivity index (χ3n) is 4.87. The first-order valence-electron chi connectivity index (χ1n) is 11.4. The lowest BCUT2D eigenvalue weighted by Crippen LogP contribution is -2.55. The Balaban J connectivity index is 2.98. The van der Waals surface area contributed by atoms with E-state index < -0.39 is 41.6 Å². The van der Waals surface area contributed by atoms with E-state index in [1.807, 2.05) is 0 Å². The molecule has 0 bridgehead atoms. The molecule has 0 saturated carbocycles. The van der Waals surface area contributed by atoms with E-state index in [9.17, 15) is 24.3 Å². The third-order valence-corrected chi connectivity index (χ3v) is 4.87. The van der Waals surface area contributed by atoms with Gasteiger partial charge in [-0.3, -0.25) is 9.59 Å². The van der Waals surface area contributed by atoms with Gasteiger partial charge in [0, 0.05) is 12.2 Å². The topological polar surface area (TPSA) is 172 Å². The molecule has 195 valence electrons. The minimum absolute atomic E-state index is 0.181. The molecule has 0 aliphatic carbocycles. The Morgan fingerprint density at radius 1 is 1.11 bits per heavy atom. The number of hydrogen-bond donors (Lipinski definition) is 6. The van der Waals surface area contributed by atoms with Gasteiger partial charge >= 0.3 is 12.1 Å². The molecule has 0 heterocycles. The van der Waals surface area contributed by atoms with Crippen LogP contribution >= 0.6 is 0 Å². The van der Waals surface area contributed by atoms with E-state index in [1.54, 1.807) is 52.8 Å². The maximum absolute atomic E-state index is 13.0. The van der Waals surface area contributed by atoms with E-state index in [2.05, 4.69) is 28.2 Å². The number of ether oxygens (including phenoxy) is 1. The Bertz CT molecular complexity index is 897. The lowest BCUT2D eigenvalue weighted by molar-refractivity contribution is -0.128. The molecule has 0 aliphatic heterocycles. The Morgan fingerprint density at radius 3 is 2.29 bits per heavy atom. The predicted molar refractivity (Wildman–Crippen MR) is 132 cm³/mol. The lowest BCUT2D eigenvalue weighted by atomic mass is 10.0. The van der Waals surface area contributed by atoms with Crippen LogP contribution in [0.1, 0.15) is 58.6 Å². The molecule has 1 radical (unpaired) electrons. The zero-order chi connectivity index (χ0) is 26.8. The van der Waals surface area contributed by atoms with Gasteiger partial charge in [0.25, 0.3) is 0 Å². The van der Waals surface area contributed by atoms with E-state index in [-0.39, 0.29) is 25.5 Å². The SMILES string of the molecule is [CH2]c1cc(NC(=O)[C@H](CCCNC(N)=O)NC(=O)[C@@H](NC(=O)OC(C)(C)C)C(C)C)ccc1CO. The van der Waals surface area contributed by atoms with Crippen LogP contribution < -0.4 is 27.0 Å². The number of amides is 5. The Labute approximate surface area is 206 Å². The van der Waals surface area contributed by atoms with Gasteiger partial charge in [-0.15, -0.1) is 0 Å². The second-order valence-electron chi connectivity index (χ2n) is 9.49. The molecule has 1 rings (SSSR count). The molecule has 11 heteroatoms. The number of urea groups is 1. The molecule has 0 spiro atoms. The summed E-state index contributed by atoms with van der Waals surface area (Å²) in [7, 11) is 0. The average Bonchev–Trinajstić information content (AvgIpc) is 2.72. The maximum Gasteiger partial charge on any atom is 0.408 e. The molecule has 0 fully saturated rings. The monoisotopic (exact) mass is 492 g/mol. The fourth-order valence-corrected chi connectivity index (χ4v) is 3.10. The van der Waals surface area contributed by atoms with Gasteiger partial charge in [-0.1, -0.05) is 19.9 Å². The second kappa shape index (κ2) is 13.5. The number of nitrogens with one attached hydrogen (secondary N) is 4. The Hall–Kier alpha value is -3.34. The zero-order valence-electron chi connectivity index (χ0n) is 21.1. The molecule has 0 unspecified atom stereocenters. The normalized spacial score (nSPS) is 12.9. The van der Waals surface area contributed by atoms with Crippen molar-refractivity contribution in [1.82, 2.24) is 16.0 Å². The summed E-state index contributed by atoms with van der Waals surface area (Å²) in [6.07, 6.45) is -0.192. The highest BCUT2D eigenvalue weighted by atomic mass is 16.6. The summed E-state index contributed by atoms with van der Waals surface area (Å²) >= 11 is 0. The van der Waals surface area contributed by atoms with E-state index in [1.165, 1.54) is 0 Å². The molecule has 7 N–H and O–H groups in total. The first-order chi connectivity index (χ1) is 16.2. The van der Waals surface area contributed by atoms with Crippen LogP contribution in [0.25, 0.3) is 0 Å². The number of aliphatic hydroxyl groups excluding tert-OH is 1. The first-order valence-corrected chi connectivity index (χ1v) is 11.4. The third kappa shape index (κ3) is 11.1. The van der Waals surface area contributed by atoms with E-state index in [0.717, 1.165) is 0 Å². The zero-order valence-corrected chi connectivity index (χ0v) is 21.1. The van der Waals surface area contributed by atoms with Crippen molar-refractivity contribution >= 4 is 29.6 Å². The van der Waals surface area contributed by atoms with Crippen LogP contribution in [-0.4, -0.2) is 53.3 Å². The van der Waals surface area contributed by atoms with Gasteiger partial charge in [0.05, 0.1) is 6.61 Å². The molecule has 35 heavy (non-hydrogen) atoms. The van der Waals surface area contributed by atoms with Crippen LogP contribution in [-0.2, 0) is 20.9 Å². The van der Waals surface area contributed by atoms with Crippen LogP contribution in [0.5, 0.6) is 0 Å². The van der Waals surface area contributed by atoms with Crippen LogP contribution in [0.4, 0.5) is 15.3 Å². The summed E-state index contributed by atoms with van der Waals surface area (Å²) in [6.45, 7) is 12.5. The minimum atomic E-state index is -0.968. The van der Waals surface area contributed by atoms with Crippen molar-refractivity contribution in [2.45, 2.75) is 71.8 Å². The first kappa shape index (κ1) is 29.7. The Kier molecular flexibility index (Phi) is 11.5. The van der Waals surface area contributed by atoms with Crippen LogP contribution in [0.3, 0.4) is 0 Å². The molecular formula is C24H38N5O6. The molecule has 1 aromatic rings. The van der Waals surface area contributed by atoms with Gasteiger partial charge in [0.1, 0.15) is 17.7 Å². The fourth-order valence-electron chi connectivity index (χ4n) is 3.10. The summed E-state index contributed by atoms with van der Waals surface area (Å²) < 4.78 is 5.25. The molecule has 1 aromatic carbocycles. The molecule has 0 aromatic heterocycles. The second-order valence-corrected chi connectivity index (χ2v) is 9.49. The van der Waals surface area contributed by atoms with Crippen LogP contribution in [0.2, 0.25) is 0 Å². The molecule has 0 aliphatic rings. The summed E-state index contributed by atoms with van der Waals surface area (Å²) in [5.74, 6) is -1.33. The van der Waals surface area contributed by atoms with E-state index >= 15 is 0 Å². The van der Waals surface area contributed by atoms with E-state index in [0.29, 0.717) is 23.2 Å². The lowest BCUT2D eigenvalue weighted by Gasteiger charge is -2.27. The molecule has 5 amide bonds. The largest absolute Gasteiger partial charge is 0.444 e. The quantitative estimate of drug-likeness (QED) is 0.257. The van der Waals surface area contributed by atoms with Crippen molar-refractivity contribution in [1.29, 1.82) is 0 Å². The molecular weight excluding hydrogens is 454 g/mol. The maximum atomic E-state index is 13.0. The van der Waals surface area contributed by atoms with Gasteiger partial charge in [0.15, 0.2) is 0 Å². The van der Waals surface area contributed by atoms with Crippen molar-refractivity contribution < 1.29 is 29.0 Å². The van der Waals surface area contributed by atoms with Gasteiger partial charge in [-0.05, 0) is 69.7 Å². The highest BCUT2D eigenvalue weighted by Crippen LogP contribution is 2.16. The number of carbonyl (C=O) groups is 4. The summed E-state index contributed by atoms with van der Waals surface area (Å²) in [4.78, 5) is 49.2. The molecule has 2 atom stereocenters. The highest BCUT2D eigenvalue weighted by molar-refractivity contribution is 5.98. The molecule has 11 nitrogen and oxygen atoms in total. The van der Waals surface area contributed by atoms with Gasteiger partial charge in [0.2, 0.25) is 11.8 Å². The fraction of sp³-hybridized carbons (Fsp3) is 0.542. The number of anilines is 1. The Morgan fingerprint density at radius 2 is 1.77 bits per heavy atom. The predicted octanol–water partition coefficient (Wildman–Crippen LogP) is 1.78. The van der Waals surface area contributed by atoms with Crippen LogP contribution in [0, 0.1) is 12.8 Å². The summed E-state index contributed by atoms with van der Waals surface area (Å²) in [6, 6.07) is 2.26. The van der Waals surface area contributed by atoms with Crippen LogP contribution in [0.15, 0.2) is 18.2 Å². The number of rotatable bonds is 11. The minimum Gasteiger partial charge on any atom is -0.444 e. The number of aliphatic hydroxyl groups is 1. The van der Waals surface area contributed by atoms with Crippen molar-refractivity contribution in [2.24, 2.45) is 11.7 Å². The van der Waals surface area contributed by atoms with Gasteiger partial charge < -0.3 is 36.8 Å². The van der Waals surface area contributed by atoms with Crippen molar-refractivity contribution in [2.75, 3.05) is 11.9 Å². The smallest absolute Gasteiger partial charge is 0.408 e. The van der Waals surface area contributed by atoms with Crippen molar-refractivity contribution in [3.8, 4) is 0 Å². The highest BCUT2D eigenvalue weighted by Gasteiger charge is 2.30. The van der Waals surface area contributed by atoms with Gasteiger partial charge in [-0.25, -0.2) is 9.59 Å². The van der Waals surface area contributed by atoms with Crippen molar-refractivity contribution in [3.63, 3.8) is 0 Å². The number of hydrogen-bond acceptors (Lipinski definition) is 6. The summed E-state index contributed by atoms with van der Waals surface area (Å²) in [5, 5.41) is 19.7. The molecule has 0 saturated heterocycles. The standard InChI is InChI=1S/C24H38N5O6/c1-14(2)19(29-23(34)35-24(4,5)6)21(32)28-18(8-7-11-26-22(25)33)20(31)27-17-10-9-16(13-30)15(3)12-17/h9-10,12,14,18-19,30H,3,7-8,11,13H2,1-2,4-6H3,(H,27,31)(H,28,32)(H,29,34)(H3,25,26,33)/t18-,19-/m0/s1. The number of primary amides is 1. The van der Waals surface area contributed by atoms with E-state index in [4.69, 9.17) is 10.5 Å². The number of carbonyl (C=O) groups excluding carboxylic acids is 4. The number of alkyl carbamates (subject to hydrolysis) is 1.